The molecule has 1 unspecified atom stereocenters. The predicted molar refractivity (Wildman–Crippen MR) is 127 cm³/mol. The van der Waals surface area contributed by atoms with Crippen molar-refractivity contribution in [2.75, 3.05) is 45.0 Å². The standard InChI is InChI=1S/C25H31N5O4/c1-31-23-13-18-12-17-4-2-3-5-21(17)30(25(18)34-23)16-29-8-6-19(7-9-29)26-15-20-14-22-24(28-27-20)33-11-10-32-22/h2,4,12-14,19,21,26H,3,5-11,15-16H2,1H3. The fourth-order valence-electron chi connectivity index (χ4n) is 5.24. The molecular weight excluding hydrogens is 434 g/mol. The fourth-order valence-corrected chi connectivity index (χ4v) is 5.24. The van der Waals surface area contributed by atoms with E-state index in [0.29, 0.717) is 49.4 Å². The predicted octanol–water partition coefficient (Wildman–Crippen LogP) is 2.98. The molecule has 0 radical (unpaired) electrons. The Morgan fingerprint density at radius 1 is 1.12 bits per heavy atom. The van der Waals surface area contributed by atoms with Gasteiger partial charge in [0.25, 0.3) is 11.8 Å². The zero-order valence-corrected chi connectivity index (χ0v) is 19.5. The molecule has 0 aromatic carbocycles. The Balaban J connectivity index is 1.06. The lowest BCUT2D eigenvalue weighted by Crippen LogP contribution is -2.50. The first kappa shape index (κ1) is 21.5. The van der Waals surface area contributed by atoms with Crippen LogP contribution in [0.15, 0.2) is 34.3 Å². The number of rotatable bonds is 6. The summed E-state index contributed by atoms with van der Waals surface area (Å²) in [6, 6.07) is 4.74. The monoisotopic (exact) mass is 465 g/mol. The molecule has 180 valence electrons. The van der Waals surface area contributed by atoms with Gasteiger partial charge in [-0.05, 0) is 37.3 Å². The Morgan fingerprint density at radius 3 is 2.88 bits per heavy atom. The molecule has 4 aliphatic rings. The van der Waals surface area contributed by atoms with E-state index in [2.05, 4.69) is 43.5 Å². The van der Waals surface area contributed by atoms with Gasteiger partial charge in [-0.15, -0.1) is 5.10 Å². The molecule has 9 heteroatoms. The van der Waals surface area contributed by atoms with Crippen LogP contribution in [0.25, 0.3) is 6.08 Å². The van der Waals surface area contributed by atoms with Crippen LogP contribution in [0.4, 0.5) is 5.88 Å². The van der Waals surface area contributed by atoms with Gasteiger partial charge in [-0.2, -0.15) is 5.10 Å². The maximum atomic E-state index is 6.07. The van der Waals surface area contributed by atoms with Crippen molar-refractivity contribution < 1.29 is 18.6 Å². The van der Waals surface area contributed by atoms with Gasteiger partial charge in [0.05, 0.1) is 25.5 Å². The van der Waals surface area contributed by atoms with Crippen molar-refractivity contribution in [1.29, 1.82) is 0 Å². The number of methoxy groups -OCH3 is 1. The van der Waals surface area contributed by atoms with Crippen LogP contribution in [-0.4, -0.2) is 67.3 Å². The number of ether oxygens (including phenoxy) is 3. The largest absolute Gasteiger partial charge is 0.484 e. The lowest BCUT2D eigenvalue weighted by molar-refractivity contribution is 0.161. The number of nitrogens with one attached hydrogen (secondary N) is 1. The van der Waals surface area contributed by atoms with E-state index in [0.717, 1.165) is 62.6 Å². The summed E-state index contributed by atoms with van der Waals surface area (Å²) in [7, 11) is 1.66. The van der Waals surface area contributed by atoms with Gasteiger partial charge >= 0.3 is 0 Å². The summed E-state index contributed by atoms with van der Waals surface area (Å²) < 4.78 is 22.5. The maximum absolute atomic E-state index is 6.07. The number of nitrogens with zero attached hydrogens (tertiary/aromatic N) is 4. The molecule has 0 saturated carbocycles. The highest BCUT2D eigenvalue weighted by molar-refractivity contribution is 5.74. The zero-order valence-electron chi connectivity index (χ0n) is 19.5. The summed E-state index contributed by atoms with van der Waals surface area (Å²) in [6.07, 6.45) is 11.2. The third-order valence-electron chi connectivity index (χ3n) is 7.05. The summed E-state index contributed by atoms with van der Waals surface area (Å²) in [5.41, 5.74) is 3.34. The lowest BCUT2D eigenvalue weighted by Gasteiger charge is -2.42. The molecule has 2 aromatic rings. The van der Waals surface area contributed by atoms with Crippen LogP contribution in [0.5, 0.6) is 17.6 Å². The molecule has 1 atom stereocenters. The first-order valence-electron chi connectivity index (χ1n) is 12.2. The molecule has 1 N–H and O–H groups in total. The number of aromatic nitrogens is 2. The van der Waals surface area contributed by atoms with Gasteiger partial charge < -0.3 is 28.8 Å². The van der Waals surface area contributed by atoms with Crippen molar-refractivity contribution in [2.24, 2.45) is 0 Å². The van der Waals surface area contributed by atoms with Crippen LogP contribution in [0.3, 0.4) is 0 Å². The van der Waals surface area contributed by atoms with Crippen molar-refractivity contribution in [2.45, 2.75) is 44.3 Å². The molecule has 3 aliphatic heterocycles. The van der Waals surface area contributed by atoms with Gasteiger partial charge in [0.15, 0.2) is 5.75 Å². The zero-order chi connectivity index (χ0) is 22.9. The van der Waals surface area contributed by atoms with Crippen LogP contribution in [0, 0.1) is 0 Å². The minimum atomic E-state index is 0.359. The Bertz CT molecular complexity index is 1090. The van der Waals surface area contributed by atoms with E-state index in [-0.39, 0.29) is 0 Å². The molecular formula is C25H31N5O4. The van der Waals surface area contributed by atoms with Crippen molar-refractivity contribution in [3.63, 3.8) is 0 Å². The first-order chi connectivity index (χ1) is 16.8. The molecule has 1 aliphatic carbocycles. The number of furan rings is 1. The average Bonchev–Trinajstić information content (AvgIpc) is 3.31. The molecule has 0 spiro atoms. The summed E-state index contributed by atoms with van der Waals surface area (Å²) in [5, 5.41) is 12.1. The van der Waals surface area contributed by atoms with Gasteiger partial charge in [0, 0.05) is 43.4 Å². The summed E-state index contributed by atoms with van der Waals surface area (Å²) in [5.74, 6) is 2.68. The number of piperidine rings is 1. The minimum absolute atomic E-state index is 0.359. The van der Waals surface area contributed by atoms with E-state index in [1.165, 1.54) is 5.57 Å². The van der Waals surface area contributed by atoms with Crippen LogP contribution in [0.1, 0.15) is 36.9 Å². The Kier molecular flexibility index (Phi) is 5.88. The summed E-state index contributed by atoms with van der Waals surface area (Å²) in [6.45, 7) is 4.70. The van der Waals surface area contributed by atoms with Gasteiger partial charge in [0.1, 0.15) is 13.2 Å². The molecule has 6 rings (SSSR count). The summed E-state index contributed by atoms with van der Waals surface area (Å²) >= 11 is 0. The quantitative estimate of drug-likeness (QED) is 0.692. The second-order valence-corrected chi connectivity index (χ2v) is 9.26. The van der Waals surface area contributed by atoms with Gasteiger partial charge in [-0.25, -0.2) is 0 Å². The number of hydrogen-bond acceptors (Lipinski definition) is 9. The van der Waals surface area contributed by atoms with Crippen LogP contribution in [0.2, 0.25) is 0 Å². The minimum Gasteiger partial charge on any atom is -0.484 e. The van der Waals surface area contributed by atoms with E-state index in [1.807, 2.05) is 12.1 Å². The third kappa shape index (κ3) is 4.25. The van der Waals surface area contributed by atoms with Crippen molar-refractivity contribution >= 4 is 12.0 Å². The van der Waals surface area contributed by atoms with Crippen LogP contribution >= 0.6 is 0 Å². The third-order valence-corrected chi connectivity index (χ3v) is 7.05. The second-order valence-electron chi connectivity index (χ2n) is 9.26. The van der Waals surface area contributed by atoms with Gasteiger partial charge in [-0.1, -0.05) is 12.2 Å². The Labute approximate surface area is 199 Å². The maximum Gasteiger partial charge on any atom is 0.286 e. The highest BCUT2D eigenvalue weighted by Gasteiger charge is 2.34. The SMILES string of the molecule is COc1cc2c(o1)N(CN1CCC(NCc3cc4c(nn3)OCCO4)CC1)C1CCC=CC1=C2. The fraction of sp³-hybridized carbons (Fsp3) is 0.520. The van der Waals surface area contributed by atoms with Crippen LogP contribution in [-0.2, 0) is 6.54 Å². The highest BCUT2D eigenvalue weighted by atomic mass is 16.6. The number of hydrogen-bond donors (Lipinski definition) is 1. The van der Waals surface area contributed by atoms with E-state index < -0.39 is 0 Å². The van der Waals surface area contributed by atoms with Crippen molar-refractivity contribution in [3.05, 3.63) is 41.1 Å². The van der Waals surface area contributed by atoms with E-state index in [4.69, 9.17) is 18.6 Å². The molecule has 1 saturated heterocycles. The molecule has 9 nitrogen and oxygen atoms in total. The van der Waals surface area contributed by atoms with E-state index in [9.17, 15) is 0 Å². The van der Waals surface area contributed by atoms with Crippen molar-refractivity contribution in [3.8, 4) is 17.6 Å². The van der Waals surface area contributed by atoms with E-state index in [1.54, 1.807) is 7.11 Å². The lowest BCUT2D eigenvalue weighted by atomic mass is 9.90. The first-order valence-corrected chi connectivity index (χ1v) is 12.2. The number of fused-ring (bicyclic) bond motifs is 3. The molecule has 1 fully saturated rings. The molecule has 0 bridgehead atoms. The molecule has 2 aromatic heterocycles. The highest BCUT2D eigenvalue weighted by Crippen LogP contribution is 2.41. The average molecular weight is 466 g/mol. The number of anilines is 1. The normalized spacial score (nSPS) is 22.2. The number of allylic oxidation sites excluding steroid dienone is 1. The van der Waals surface area contributed by atoms with Gasteiger partial charge in [-0.3, -0.25) is 4.90 Å². The Hall–Kier alpha value is -3.04. The topological polar surface area (TPSA) is 85.1 Å². The molecule has 34 heavy (non-hydrogen) atoms. The van der Waals surface area contributed by atoms with Crippen molar-refractivity contribution in [1.82, 2.24) is 20.4 Å². The van der Waals surface area contributed by atoms with E-state index >= 15 is 0 Å². The number of likely N-dealkylation sites (tertiary alicyclic amines) is 1. The Morgan fingerprint density at radius 2 is 2.00 bits per heavy atom. The smallest absolute Gasteiger partial charge is 0.286 e. The summed E-state index contributed by atoms with van der Waals surface area (Å²) in [4.78, 5) is 4.96. The van der Waals surface area contributed by atoms with Gasteiger partial charge in [0.2, 0.25) is 5.88 Å². The van der Waals surface area contributed by atoms with Crippen LogP contribution < -0.4 is 24.4 Å². The molecule has 0 amide bonds. The second kappa shape index (κ2) is 9.31. The molecule has 5 heterocycles.